The van der Waals surface area contributed by atoms with Gasteiger partial charge in [0.05, 0.1) is 16.5 Å². The van der Waals surface area contributed by atoms with Gasteiger partial charge in [-0.2, -0.15) is 0 Å². The summed E-state index contributed by atoms with van der Waals surface area (Å²) in [5, 5.41) is 13.3. The van der Waals surface area contributed by atoms with Gasteiger partial charge in [0.2, 0.25) is 0 Å². The molecule has 1 amide bonds. The number of furan rings is 1. The van der Waals surface area contributed by atoms with Crippen LogP contribution in [0.15, 0.2) is 74.5 Å². The van der Waals surface area contributed by atoms with E-state index in [-0.39, 0.29) is 17.7 Å². The molecular weight excluding hydrogens is 366 g/mol. The molecule has 0 radical (unpaired) electrons. The molecule has 0 aliphatic rings. The molecule has 3 heterocycles. The van der Waals surface area contributed by atoms with Gasteiger partial charge in [-0.15, -0.1) is 11.3 Å². The van der Waals surface area contributed by atoms with Gasteiger partial charge in [-0.3, -0.25) is 9.59 Å². The number of amides is 1. The molecule has 4 aromatic rings. The van der Waals surface area contributed by atoms with Gasteiger partial charge < -0.3 is 19.3 Å². The van der Waals surface area contributed by atoms with Crippen LogP contribution < -0.4 is 10.7 Å². The molecule has 27 heavy (non-hydrogen) atoms. The summed E-state index contributed by atoms with van der Waals surface area (Å²) in [7, 11) is 0. The minimum Gasteiger partial charge on any atom is -0.464 e. The first-order valence-electron chi connectivity index (χ1n) is 8.24. The summed E-state index contributed by atoms with van der Waals surface area (Å²) in [5.74, 6) is 0.0773. The van der Waals surface area contributed by atoms with Crippen LogP contribution in [0.3, 0.4) is 0 Å². The molecule has 1 aromatic carbocycles. The van der Waals surface area contributed by atoms with Crippen molar-refractivity contribution in [2.75, 3.05) is 6.54 Å². The van der Waals surface area contributed by atoms with E-state index < -0.39 is 12.0 Å². The van der Waals surface area contributed by atoms with Crippen LogP contribution in [0.5, 0.6) is 0 Å². The van der Waals surface area contributed by atoms with Crippen molar-refractivity contribution < 1.29 is 18.7 Å². The number of para-hydroxylation sites is 1. The molecular formula is C20H15NO5S. The zero-order valence-corrected chi connectivity index (χ0v) is 14.9. The van der Waals surface area contributed by atoms with Gasteiger partial charge in [-0.05, 0) is 36.4 Å². The number of hydrogen-bond donors (Lipinski definition) is 2. The average molecular weight is 381 g/mol. The van der Waals surface area contributed by atoms with E-state index in [4.69, 9.17) is 8.83 Å². The van der Waals surface area contributed by atoms with Gasteiger partial charge in [-0.25, -0.2) is 0 Å². The topological polar surface area (TPSA) is 92.7 Å². The fraction of sp³-hybridized carbons (Fsp3) is 0.100. The van der Waals surface area contributed by atoms with Gasteiger partial charge >= 0.3 is 0 Å². The third kappa shape index (κ3) is 3.55. The number of nitrogens with one attached hydrogen (secondary N) is 1. The van der Waals surface area contributed by atoms with Gasteiger partial charge in [0.1, 0.15) is 17.4 Å². The van der Waals surface area contributed by atoms with Crippen molar-refractivity contribution in [2.45, 2.75) is 6.10 Å². The van der Waals surface area contributed by atoms with Crippen molar-refractivity contribution in [3.05, 3.63) is 81.7 Å². The fourth-order valence-electron chi connectivity index (χ4n) is 2.68. The van der Waals surface area contributed by atoms with E-state index in [1.807, 2.05) is 12.1 Å². The van der Waals surface area contributed by atoms with E-state index >= 15 is 0 Å². The van der Waals surface area contributed by atoms with E-state index in [2.05, 4.69) is 5.32 Å². The minimum atomic E-state index is -0.880. The monoisotopic (exact) mass is 381 g/mol. The maximum atomic E-state index is 12.3. The lowest BCUT2D eigenvalue weighted by molar-refractivity contribution is 0.0891. The summed E-state index contributed by atoms with van der Waals surface area (Å²) < 4.78 is 10.8. The van der Waals surface area contributed by atoms with E-state index in [1.54, 1.807) is 42.7 Å². The first-order chi connectivity index (χ1) is 13.1. The highest BCUT2D eigenvalue weighted by atomic mass is 32.1. The van der Waals surface area contributed by atoms with Crippen LogP contribution in [0.4, 0.5) is 0 Å². The van der Waals surface area contributed by atoms with Crippen LogP contribution in [0.25, 0.3) is 21.6 Å². The molecule has 1 unspecified atom stereocenters. The first-order valence-corrected chi connectivity index (χ1v) is 9.06. The van der Waals surface area contributed by atoms with E-state index in [1.165, 1.54) is 11.3 Å². The zero-order valence-electron chi connectivity index (χ0n) is 14.0. The van der Waals surface area contributed by atoms with Crippen molar-refractivity contribution in [3.8, 4) is 10.6 Å². The Morgan fingerprint density at radius 1 is 1.15 bits per heavy atom. The van der Waals surface area contributed by atoms with Crippen LogP contribution in [0, 0.1) is 0 Å². The summed E-state index contributed by atoms with van der Waals surface area (Å²) in [5.41, 5.74) is 0.0564. The third-order valence-electron chi connectivity index (χ3n) is 4.03. The quantitative estimate of drug-likeness (QED) is 0.551. The van der Waals surface area contributed by atoms with Crippen molar-refractivity contribution in [2.24, 2.45) is 0 Å². The Kier molecular flexibility index (Phi) is 4.62. The lowest BCUT2D eigenvalue weighted by atomic mass is 10.2. The second kappa shape index (κ2) is 7.22. The largest absolute Gasteiger partial charge is 0.464 e. The number of carbonyl (C=O) groups is 1. The number of fused-ring (bicyclic) bond motifs is 1. The fourth-order valence-corrected chi connectivity index (χ4v) is 3.64. The molecule has 4 rings (SSSR count). The molecule has 0 saturated carbocycles. The molecule has 6 nitrogen and oxygen atoms in total. The molecule has 0 aliphatic carbocycles. The van der Waals surface area contributed by atoms with E-state index in [9.17, 15) is 14.7 Å². The summed E-state index contributed by atoms with van der Waals surface area (Å²) >= 11 is 1.38. The van der Waals surface area contributed by atoms with Crippen LogP contribution in [0.1, 0.15) is 21.5 Å². The molecule has 0 fully saturated rings. The second-order valence-electron chi connectivity index (χ2n) is 5.88. The van der Waals surface area contributed by atoms with E-state index in [0.717, 1.165) is 16.7 Å². The van der Waals surface area contributed by atoms with Crippen molar-refractivity contribution >= 4 is 28.2 Å². The van der Waals surface area contributed by atoms with Gasteiger partial charge in [0.15, 0.2) is 11.2 Å². The van der Waals surface area contributed by atoms with Gasteiger partial charge in [0, 0.05) is 17.5 Å². The normalized spacial score (nSPS) is 12.2. The maximum Gasteiger partial charge on any atom is 0.287 e. The van der Waals surface area contributed by atoms with Crippen molar-refractivity contribution in [1.29, 1.82) is 0 Å². The zero-order chi connectivity index (χ0) is 18.8. The molecule has 2 N–H and O–H groups in total. The lowest BCUT2D eigenvalue weighted by Crippen LogP contribution is -2.28. The number of hydrogen-bond acceptors (Lipinski definition) is 6. The Morgan fingerprint density at radius 3 is 2.81 bits per heavy atom. The van der Waals surface area contributed by atoms with Gasteiger partial charge in [0.25, 0.3) is 5.91 Å². The molecule has 3 aromatic heterocycles. The van der Waals surface area contributed by atoms with Crippen molar-refractivity contribution in [1.82, 2.24) is 5.32 Å². The number of rotatable bonds is 5. The Balaban J connectivity index is 1.45. The maximum absolute atomic E-state index is 12.3. The standard InChI is InChI=1S/C20H15NO5S/c22-13-10-17(26-15-5-2-1-4-12(13)15)20(24)21-11-14(23)18-7-8-19(27-18)16-6-3-9-25-16/h1-10,14,23H,11H2,(H,21,24). The Bertz CT molecular complexity index is 1140. The summed E-state index contributed by atoms with van der Waals surface area (Å²) in [6.45, 7) is -0.00647. The smallest absolute Gasteiger partial charge is 0.287 e. The van der Waals surface area contributed by atoms with Gasteiger partial charge in [-0.1, -0.05) is 12.1 Å². The number of carbonyl (C=O) groups excluding carboxylic acids is 1. The summed E-state index contributed by atoms with van der Waals surface area (Å²) in [4.78, 5) is 26.0. The third-order valence-corrected chi connectivity index (χ3v) is 5.23. The average Bonchev–Trinajstić information content (AvgIpc) is 3.37. The van der Waals surface area contributed by atoms with Crippen LogP contribution in [0.2, 0.25) is 0 Å². The number of aliphatic hydroxyl groups excluding tert-OH is 1. The van der Waals surface area contributed by atoms with Crippen LogP contribution in [-0.4, -0.2) is 17.6 Å². The lowest BCUT2D eigenvalue weighted by Gasteiger charge is -2.10. The molecule has 0 aliphatic heterocycles. The van der Waals surface area contributed by atoms with Crippen LogP contribution >= 0.6 is 11.3 Å². The Hall–Kier alpha value is -3.16. The highest BCUT2D eigenvalue weighted by Gasteiger charge is 2.16. The molecule has 0 bridgehead atoms. The highest BCUT2D eigenvalue weighted by Crippen LogP contribution is 2.31. The Morgan fingerprint density at radius 2 is 2.00 bits per heavy atom. The highest BCUT2D eigenvalue weighted by molar-refractivity contribution is 7.15. The SMILES string of the molecule is O=C(NCC(O)c1ccc(-c2ccco2)s1)c1cc(=O)c2ccccc2o1. The number of benzene rings is 1. The minimum absolute atomic E-state index is 0.00647. The predicted octanol–water partition coefficient (Wildman–Crippen LogP) is 3.58. The number of aliphatic hydroxyl groups is 1. The van der Waals surface area contributed by atoms with E-state index in [0.29, 0.717) is 15.8 Å². The first kappa shape index (κ1) is 17.3. The summed E-state index contributed by atoms with van der Waals surface area (Å²) in [6.07, 6.45) is 0.706. The molecule has 136 valence electrons. The second-order valence-corrected chi connectivity index (χ2v) is 6.99. The molecule has 7 heteroatoms. The Labute approximate surface area is 157 Å². The van der Waals surface area contributed by atoms with Crippen LogP contribution in [-0.2, 0) is 0 Å². The van der Waals surface area contributed by atoms with Crippen molar-refractivity contribution in [3.63, 3.8) is 0 Å². The summed E-state index contributed by atoms with van der Waals surface area (Å²) in [6, 6.07) is 15.2. The molecule has 1 atom stereocenters. The predicted molar refractivity (Wildman–Crippen MR) is 102 cm³/mol. The molecule has 0 saturated heterocycles. The molecule has 0 spiro atoms. The number of thiophene rings is 1.